The van der Waals surface area contributed by atoms with E-state index in [0.717, 1.165) is 0 Å². The van der Waals surface area contributed by atoms with Crippen LogP contribution in [0.1, 0.15) is 0 Å². The van der Waals surface area contributed by atoms with Crippen molar-refractivity contribution in [2.24, 2.45) is 5.73 Å². The molecule has 82 valence electrons. The molecule has 1 aromatic rings. The Morgan fingerprint density at radius 3 is 2.87 bits per heavy atom. The highest BCUT2D eigenvalue weighted by Crippen LogP contribution is 2.22. The number of carbonyl (C=O) groups is 1. The third kappa shape index (κ3) is 3.49. The van der Waals surface area contributed by atoms with Crippen molar-refractivity contribution in [2.75, 3.05) is 11.9 Å². The third-order valence-electron chi connectivity index (χ3n) is 1.76. The highest BCUT2D eigenvalue weighted by molar-refractivity contribution is 9.10. The van der Waals surface area contributed by atoms with Crippen LogP contribution in [0.4, 0.5) is 10.1 Å². The Labute approximate surface area is 94.4 Å². The number of hydrogen-bond donors (Lipinski definition) is 3. The number of aliphatic carboxylic acids is 1. The summed E-state index contributed by atoms with van der Waals surface area (Å²) in [6, 6.07) is 3.09. The first-order valence-corrected chi connectivity index (χ1v) is 4.97. The number of carboxylic acid groups (broad SMARTS) is 1. The quantitative estimate of drug-likeness (QED) is 0.777. The van der Waals surface area contributed by atoms with E-state index in [1.165, 1.54) is 18.2 Å². The van der Waals surface area contributed by atoms with Gasteiger partial charge in [0.15, 0.2) is 0 Å². The maximum atomic E-state index is 12.7. The van der Waals surface area contributed by atoms with Crippen LogP contribution < -0.4 is 11.1 Å². The van der Waals surface area contributed by atoms with E-state index < -0.39 is 12.0 Å². The standard InChI is InChI=1S/C9H10BrFN2O2/c10-6-3-5(11)1-2-8(6)13-4-7(12)9(14)15/h1-3,7,13H,4,12H2,(H,14,15). The largest absolute Gasteiger partial charge is 0.480 e. The maximum Gasteiger partial charge on any atom is 0.322 e. The number of hydrogen-bond acceptors (Lipinski definition) is 3. The zero-order valence-corrected chi connectivity index (χ0v) is 9.29. The van der Waals surface area contributed by atoms with Gasteiger partial charge in [-0.25, -0.2) is 4.39 Å². The molecule has 0 heterocycles. The molecule has 1 unspecified atom stereocenters. The van der Waals surface area contributed by atoms with E-state index in [1.807, 2.05) is 0 Å². The Balaban J connectivity index is 2.62. The number of nitrogens with one attached hydrogen (secondary N) is 1. The molecular formula is C9H10BrFN2O2. The van der Waals surface area contributed by atoms with Crippen molar-refractivity contribution in [3.05, 3.63) is 28.5 Å². The summed E-state index contributed by atoms with van der Waals surface area (Å²) in [4.78, 5) is 10.4. The molecule has 4 N–H and O–H groups in total. The van der Waals surface area contributed by atoms with Gasteiger partial charge in [-0.15, -0.1) is 0 Å². The lowest BCUT2D eigenvalue weighted by Gasteiger charge is -2.11. The Morgan fingerprint density at radius 1 is 1.67 bits per heavy atom. The first-order valence-electron chi connectivity index (χ1n) is 4.18. The Kier molecular flexibility index (Phi) is 4.05. The summed E-state index contributed by atoms with van der Waals surface area (Å²) in [5.41, 5.74) is 5.90. The second kappa shape index (κ2) is 5.09. The number of anilines is 1. The fourth-order valence-electron chi connectivity index (χ4n) is 0.940. The normalized spacial score (nSPS) is 12.2. The molecule has 0 amide bonds. The molecule has 0 aliphatic heterocycles. The summed E-state index contributed by atoms with van der Waals surface area (Å²) in [5, 5.41) is 11.3. The van der Waals surface area contributed by atoms with Crippen molar-refractivity contribution in [3.8, 4) is 0 Å². The van der Waals surface area contributed by atoms with Crippen molar-refractivity contribution in [2.45, 2.75) is 6.04 Å². The van der Waals surface area contributed by atoms with E-state index in [9.17, 15) is 9.18 Å². The van der Waals surface area contributed by atoms with Gasteiger partial charge in [-0.1, -0.05) is 0 Å². The van der Waals surface area contributed by atoms with Crippen LogP contribution in [-0.4, -0.2) is 23.7 Å². The van der Waals surface area contributed by atoms with Gasteiger partial charge in [0.1, 0.15) is 11.9 Å². The molecule has 15 heavy (non-hydrogen) atoms. The predicted octanol–water partition coefficient (Wildman–Crippen LogP) is 1.41. The van der Waals surface area contributed by atoms with Gasteiger partial charge in [0.2, 0.25) is 0 Å². The SMILES string of the molecule is NC(CNc1ccc(F)cc1Br)C(=O)O. The minimum Gasteiger partial charge on any atom is -0.480 e. The lowest BCUT2D eigenvalue weighted by Crippen LogP contribution is -2.36. The van der Waals surface area contributed by atoms with E-state index >= 15 is 0 Å². The van der Waals surface area contributed by atoms with Crippen LogP contribution in [0.15, 0.2) is 22.7 Å². The monoisotopic (exact) mass is 276 g/mol. The third-order valence-corrected chi connectivity index (χ3v) is 2.42. The lowest BCUT2D eigenvalue weighted by atomic mass is 10.2. The smallest absolute Gasteiger partial charge is 0.322 e. The first-order chi connectivity index (χ1) is 7.00. The van der Waals surface area contributed by atoms with Crippen LogP contribution in [0.2, 0.25) is 0 Å². The molecule has 0 aliphatic carbocycles. The zero-order chi connectivity index (χ0) is 11.4. The summed E-state index contributed by atoms with van der Waals surface area (Å²) in [7, 11) is 0. The van der Waals surface area contributed by atoms with Gasteiger partial charge in [-0.05, 0) is 34.1 Å². The van der Waals surface area contributed by atoms with Crippen molar-refractivity contribution >= 4 is 27.6 Å². The van der Waals surface area contributed by atoms with Crippen molar-refractivity contribution in [3.63, 3.8) is 0 Å². The Morgan fingerprint density at radius 2 is 2.33 bits per heavy atom. The van der Waals surface area contributed by atoms with Crippen molar-refractivity contribution < 1.29 is 14.3 Å². The molecule has 0 aliphatic rings. The Hall–Kier alpha value is -1.14. The molecule has 1 rings (SSSR count). The van der Waals surface area contributed by atoms with Crippen LogP contribution >= 0.6 is 15.9 Å². The van der Waals surface area contributed by atoms with E-state index in [1.54, 1.807) is 0 Å². The second-order valence-electron chi connectivity index (χ2n) is 2.95. The van der Waals surface area contributed by atoms with E-state index in [4.69, 9.17) is 10.8 Å². The molecule has 0 saturated heterocycles. The average molecular weight is 277 g/mol. The molecule has 0 radical (unpaired) electrons. The molecular weight excluding hydrogens is 267 g/mol. The van der Waals surface area contributed by atoms with Crippen LogP contribution in [0, 0.1) is 5.82 Å². The van der Waals surface area contributed by atoms with Gasteiger partial charge < -0.3 is 16.2 Å². The van der Waals surface area contributed by atoms with E-state index in [2.05, 4.69) is 21.2 Å². The molecule has 6 heteroatoms. The van der Waals surface area contributed by atoms with Gasteiger partial charge in [0.05, 0.1) is 0 Å². The van der Waals surface area contributed by atoms with Gasteiger partial charge >= 0.3 is 5.97 Å². The predicted molar refractivity (Wildman–Crippen MR) is 58.2 cm³/mol. The average Bonchev–Trinajstić information content (AvgIpc) is 2.15. The Bertz CT molecular complexity index is 373. The van der Waals surface area contributed by atoms with Gasteiger partial charge in [0, 0.05) is 16.7 Å². The second-order valence-corrected chi connectivity index (χ2v) is 3.80. The minimum atomic E-state index is -1.08. The number of rotatable bonds is 4. The van der Waals surface area contributed by atoms with E-state index in [-0.39, 0.29) is 12.4 Å². The fourth-order valence-corrected chi connectivity index (χ4v) is 1.43. The lowest BCUT2D eigenvalue weighted by molar-refractivity contribution is -0.138. The number of benzene rings is 1. The molecule has 0 saturated carbocycles. The molecule has 0 aromatic heterocycles. The van der Waals surface area contributed by atoms with Gasteiger partial charge in [-0.2, -0.15) is 0 Å². The molecule has 0 bridgehead atoms. The number of halogens is 2. The highest BCUT2D eigenvalue weighted by atomic mass is 79.9. The summed E-state index contributed by atoms with van der Waals surface area (Å²) < 4.78 is 13.2. The summed E-state index contributed by atoms with van der Waals surface area (Å²) in [6.45, 7) is 0.0829. The van der Waals surface area contributed by atoms with Crippen molar-refractivity contribution in [1.29, 1.82) is 0 Å². The molecule has 0 fully saturated rings. The van der Waals surface area contributed by atoms with Crippen LogP contribution in [0.5, 0.6) is 0 Å². The van der Waals surface area contributed by atoms with E-state index in [0.29, 0.717) is 10.2 Å². The molecule has 0 spiro atoms. The van der Waals surface area contributed by atoms with Gasteiger partial charge in [0.25, 0.3) is 0 Å². The summed E-state index contributed by atoms with van der Waals surface area (Å²) in [6.07, 6.45) is 0. The molecule has 1 atom stereocenters. The minimum absolute atomic E-state index is 0.0829. The molecule has 4 nitrogen and oxygen atoms in total. The van der Waals surface area contributed by atoms with Crippen molar-refractivity contribution in [1.82, 2.24) is 0 Å². The topological polar surface area (TPSA) is 75.3 Å². The van der Waals surface area contributed by atoms with Crippen LogP contribution in [0.3, 0.4) is 0 Å². The maximum absolute atomic E-state index is 12.7. The van der Waals surface area contributed by atoms with Gasteiger partial charge in [-0.3, -0.25) is 4.79 Å². The first kappa shape index (κ1) is 11.9. The summed E-state index contributed by atoms with van der Waals surface area (Å²) >= 11 is 3.14. The van der Waals surface area contributed by atoms with Crippen LogP contribution in [0.25, 0.3) is 0 Å². The number of nitrogens with two attached hydrogens (primary N) is 1. The summed E-state index contributed by atoms with van der Waals surface area (Å²) in [5.74, 6) is -1.45. The number of carboxylic acids is 1. The van der Waals surface area contributed by atoms with Crippen LogP contribution in [-0.2, 0) is 4.79 Å². The molecule has 1 aromatic carbocycles. The fraction of sp³-hybridized carbons (Fsp3) is 0.222. The highest BCUT2D eigenvalue weighted by Gasteiger charge is 2.11. The zero-order valence-electron chi connectivity index (χ0n) is 7.71.